The molecule has 4 rings (SSSR count). The summed E-state index contributed by atoms with van der Waals surface area (Å²) in [4.78, 5) is 29.9. The van der Waals surface area contributed by atoms with E-state index in [9.17, 15) is 9.59 Å². The zero-order valence-electron chi connectivity index (χ0n) is 15.8. The number of hydrogen-bond acceptors (Lipinski definition) is 4. The Hall–Kier alpha value is -2.79. The Balaban J connectivity index is 1.58. The van der Waals surface area contributed by atoms with E-state index in [0.717, 1.165) is 34.7 Å². The molecule has 1 saturated carbocycles. The van der Waals surface area contributed by atoms with Crippen LogP contribution in [0.4, 0.5) is 5.69 Å². The maximum Gasteiger partial charge on any atom is 0.255 e. The molecule has 4 nitrogen and oxygen atoms in total. The van der Waals surface area contributed by atoms with Crippen molar-refractivity contribution in [3.8, 4) is 10.4 Å². The van der Waals surface area contributed by atoms with Crippen molar-refractivity contribution in [2.75, 3.05) is 5.32 Å². The molecule has 1 aromatic heterocycles. The first-order chi connectivity index (χ1) is 13.6. The molecule has 2 aromatic carbocycles. The molecule has 142 valence electrons. The molecule has 0 radical (unpaired) electrons. The molecule has 1 fully saturated rings. The second-order valence-corrected chi connectivity index (χ2v) is 8.17. The van der Waals surface area contributed by atoms with Gasteiger partial charge in [0.15, 0.2) is 10.8 Å². The van der Waals surface area contributed by atoms with Gasteiger partial charge in [0.25, 0.3) is 5.91 Å². The number of ketones is 1. The molecule has 1 amide bonds. The minimum Gasteiger partial charge on any atom is -0.322 e. The quantitative estimate of drug-likeness (QED) is 0.550. The van der Waals surface area contributed by atoms with Crippen LogP contribution in [0.2, 0.25) is 0 Å². The highest BCUT2D eigenvalue weighted by atomic mass is 32.1. The molecule has 1 heterocycles. The van der Waals surface area contributed by atoms with Crippen LogP contribution in [0.15, 0.2) is 54.6 Å². The molecule has 1 aliphatic carbocycles. The third kappa shape index (κ3) is 3.90. The van der Waals surface area contributed by atoms with Crippen molar-refractivity contribution in [2.45, 2.75) is 38.5 Å². The maximum absolute atomic E-state index is 12.3. The standard InChI is InChI=1S/C23H22N2O2S/c1-15(26)23-25-20(16-7-5-6-8-16)21(28-23)17-11-13-19(14-12-17)24-22(27)18-9-3-2-4-10-18/h2-4,9-14,16H,5-8H2,1H3,(H,24,27). The number of carbonyl (C=O) groups excluding carboxylic acids is 2. The number of amides is 1. The summed E-state index contributed by atoms with van der Waals surface area (Å²) in [7, 11) is 0. The summed E-state index contributed by atoms with van der Waals surface area (Å²) in [5.41, 5.74) is 3.48. The predicted octanol–water partition coefficient (Wildman–Crippen LogP) is 5.92. The van der Waals surface area contributed by atoms with E-state index in [4.69, 9.17) is 0 Å². The summed E-state index contributed by atoms with van der Waals surface area (Å²) >= 11 is 1.48. The van der Waals surface area contributed by atoms with Gasteiger partial charge >= 0.3 is 0 Å². The van der Waals surface area contributed by atoms with Gasteiger partial charge in [0.1, 0.15) is 0 Å². The summed E-state index contributed by atoms with van der Waals surface area (Å²) in [6.45, 7) is 1.57. The van der Waals surface area contributed by atoms with E-state index in [1.807, 2.05) is 42.5 Å². The van der Waals surface area contributed by atoms with Gasteiger partial charge in [-0.05, 0) is 42.7 Å². The minimum absolute atomic E-state index is 0.0160. The molecule has 0 unspecified atom stereocenters. The monoisotopic (exact) mass is 390 g/mol. The van der Waals surface area contributed by atoms with Crippen LogP contribution < -0.4 is 5.32 Å². The number of rotatable bonds is 5. The van der Waals surface area contributed by atoms with Crippen LogP contribution in [0.3, 0.4) is 0 Å². The van der Waals surface area contributed by atoms with Gasteiger partial charge in [0.2, 0.25) is 0 Å². The Morgan fingerprint density at radius 3 is 2.32 bits per heavy atom. The second-order valence-electron chi connectivity index (χ2n) is 7.17. The third-order valence-corrected chi connectivity index (χ3v) is 6.36. The zero-order chi connectivity index (χ0) is 19.5. The normalized spacial score (nSPS) is 14.2. The molecule has 3 aromatic rings. The van der Waals surface area contributed by atoms with Crippen molar-refractivity contribution in [1.29, 1.82) is 0 Å². The van der Waals surface area contributed by atoms with Crippen LogP contribution in [-0.2, 0) is 0 Å². The average Bonchev–Trinajstić information content (AvgIpc) is 3.39. The fourth-order valence-corrected chi connectivity index (χ4v) is 4.71. The van der Waals surface area contributed by atoms with Crippen molar-refractivity contribution in [3.63, 3.8) is 0 Å². The number of Topliss-reactive ketones (excluding diaryl/α,β-unsaturated/α-hetero) is 1. The molecule has 1 aliphatic rings. The lowest BCUT2D eigenvalue weighted by atomic mass is 10.00. The van der Waals surface area contributed by atoms with Crippen molar-refractivity contribution in [1.82, 2.24) is 4.98 Å². The van der Waals surface area contributed by atoms with Crippen LogP contribution in [0.1, 0.15) is 64.4 Å². The van der Waals surface area contributed by atoms with E-state index < -0.39 is 0 Å². The van der Waals surface area contributed by atoms with E-state index >= 15 is 0 Å². The highest BCUT2D eigenvalue weighted by Gasteiger charge is 2.25. The van der Waals surface area contributed by atoms with E-state index in [-0.39, 0.29) is 11.7 Å². The summed E-state index contributed by atoms with van der Waals surface area (Å²) < 4.78 is 0. The van der Waals surface area contributed by atoms with Gasteiger partial charge in [0, 0.05) is 24.1 Å². The molecule has 28 heavy (non-hydrogen) atoms. The molecule has 0 saturated heterocycles. The number of nitrogens with zero attached hydrogens (tertiary/aromatic N) is 1. The predicted molar refractivity (Wildman–Crippen MR) is 113 cm³/mol. The van der Waals surface area contributed by atoms with Crippen molar-refractivity contribution in [3.05, 3.63) is 70.9 Å². The van der Waals surface area contributed by atoms with Gasteiger partial charge in [-0.25, -0.2) is 4.98 Å². The fourth-order valence-electron chi connectivity index (χ4n) is 3.66. The summed E-state index contributed by atoms with van der Waals surface area (Å²) in [5.74, 6) is 0.329. The van der Waals surface area contributed by atoms with E-state index in [1.54, 1.807) is 19.1 Å². The third-order valence-electron chi connectivity index (χ3n) is 5.14. The van der Waals surface area contributed by atoms with Crippen molar-refractivity contribution >= 4 is 28.7 Å². The lowest BCUT2D eigenvalue weighted by Crippen LogP contribution is -2.11. The average molecular weight is 391 g/mol. The Morgan fingerprint density at radius 2 is 1.68 bits per heavy atom. The highest BCUT2D eigenvalue weighted by molar-refractivity contribution is 7.17. The van der Waals surface area contributed by atoms with Gasteiger partial charge in [-0.15, -0.1) is 11.3 Å². The number of thiazole rings is 1. The summed E-state index contributed by atoms with van der Waals surface area (Å²) in [6, 6.07) is 17.0. The van der Waals surface area contributed by atoms with Crippen LogP contribution in [0.25, 0.3) is 10.4 Å². The van der Waals surface area contributed by atoms with Crippen LogP contribution >= 0.6 is 11.3 Å². The largest absolute Gasteiger partial charge is 0.322 e. The van der Waals surface area contributed by atoms with Crippen molar-refractivity contribution in [2.24, 2.45) is 0 Å². The zero-order valence-corrected chi connectivity index (χ0v) is 16.6. The van der Waals surface area contributed by atoms with Gasteiger partial charge < -0.3 is 5.32 Å². The summed E-state index contributed by atoms with van der Waals surface area (Å²) in [5, 5.41) is 3.51. The maximum atomic E-state index is 12.3. The number of carbonyl (C=O) groups is 2. The van der Waals surface area contributed by atoms with Gasteiger partial charge in [-0.2, -0.15) is 0 Å². The molecule has 0 aliphatic heterocycles. The fraction of sp³-hybridized carbons (Fsp3) is 0.261. The molecule has 0 atom stereocenters. The number of hydrogen-bond donors (Lipinski definition) is 1. The number of aromatic nitrogens is 1. The first-order valence-corrected chi connectivity index (χ1v) is 10.4. The lowest BCUT2D eigenvalue weighted by Gasteiger charge is -2.10. The first-order valence-electron chi connectivity index (χ1n) is 9.60. The Morgan fingerprint density at radius 1 is 1.00 bits per heavy atom. The van der Waals surface area contributed by atoms with Crippen LogP contribution in [0.5, 0.6) is 0 Å². The molecule has 1 N–H and O–H groups in total. The molecular weight excluding hydrogens is 368 g/mol. The number of anilines is 1. The minimum atomic E-state index is -0.128. The Labute approximate surface area is 168 Å². The Bertz CT molecular complexity index is 987. The molecule has 0 spiro atoms. The number of benzene rings is 2. The van der Waals surface area contributed by atoms with Gasteiger partial charge in [-0.1, -0.05) is 43.2 Å². The SMILES string of the molecule is CC(=O)c1nc(C2CCCC2)c(-c2ccc(NC(=O)c3ccccc3)cc2)s1. The van der Waals surface area contributed by atoms with Gasteiger partial charge in [0.05, 0.1) is 10.6 Å². The topological polar surface area (TPSA) is 59.1 Å². The Kier molecular flexibility index (Phi) is 5.35. The molecular formula is C23H22N2O2S. The lowest BCUT2D eigenvalue weighted by molar-refractivity contribution is 0.101. The van der Waals surface area contributed by atoms with E-state index in [2.05, 4.69) is 10.3 Å². The van der Waals surface area contributed by atoms with E-state index in [1.165, 1.54) is 24.2 Å². The molecule has 0 bridgehead atoms. The second kappa shape index (κ2) is 8.07. The molecule has 5 heteroatoms. The van der Waals surface area contributed by atoms with Crippen molar-refractivity contribution < 1.29 is 9.59 Å². The van der Waals surface area contributed by atoms with E-state index in [0.29, 0.717) is 16.5 Å². The van der Waals surface area contributed by atoms with Crippen LogP contribution in [-0.4, -0.2) is 16.7 Å². The van der Waals surface area contributed by atoms with Crippen LogP contribution in [0, 0.1) is 0 Å². The summed E-state index contributed by atoms with van der Waals surface area (Å²) in [6.07, 6.45) is 4.72. The van der Waals surface area contributed by atoms with Gasteiger partial charge in [-0.3, -0.25) is 9.59 Å². The first kappa shape index (κ1) is 18.6. The smallest absolute Gasteiger partial charge is 0.255 e. The number of nitrogens with one attached hydrogen (secondary N) is 1. The highest BCUT2D eigenvalue weighted by Crippen LogP contribution is 2.42.